The molecule has 0 aliphatic heterocycles. The van der Waals surface area contributed by atoms with Crippen molar-refractivity contribution in [3.63, 3.8) is 0 Å². The van der Waals surface area contributed by atoms with Gasteiger partial charge in [-0.15, -0.1) is 11.3 Å². The van der Waals surface area contributed by atoms with Crippen molar-refractivity contribution >= 4 is 27.5 Å². The van der Waals surface area contributed by atoms with Crippen molar-refractivity contribution in [3.05, 3.63) is 59.4 Å². The van der Waals surface area contributed by atoms with Crippen LogP contribution in [-0.2, 0) is 11.3 Å². The molecule has 0 fully saturated rings. The summed E-state index contributed by atoms with van der Waals surface area (Å²) in [5, 5.41) is 0.790. The highest BCUT2D eigenvalue weighted by molar-refractivity contribution is 7.18. The number of carbonyl (C=O) groups excluding carboxylic acids is 1. The number of para-hydroxylation sites is 1. The highest BCUT2D eigenvalue weighted by Gasteiger charge is 2.09. The van der Waals surface area contributed by atoms with E-state index in [0.717, 1.165) is 15.2 Å². The van der Waals surface area contributed by atoms with Crippen LogP contribution in [0, 0.1) is 0 Å². The highest BCUT2D eigenvalue weighted by Crippen LogP contribution is 2.22. The lowest BCUT2D eigenvalue weighted by atomic mass is 10.3. The minimum atomic E-state index is -0.382. The monoisotopic (exact) mass is 270 g/mol. The van der Waals surface area contributed by atoms with Crippen LogP contribution < -0.4 is 0 Å². The lowest BCUT2D eigenvalue weighted by Gasteiger charge is -2.01. The Morgan fingerprint density at radius 2 is 2.11 bits per heavy atom. The van der Waals surface area contributed by atoms with Crippen LogP contribution in [0.25, 0.3) is 10.2 Å². The van der Waals surface area contributed by atoms with Gasteiger partial charge in [0.15, 0.2) is 0 Å². The van der Waals surface area contributed by atoms with E-state index in [0.29, 0.717) is 5.56 Å². The van der Waals surface area contributed by atoms with Crippen LogP contribution in [-0.4, -0.2) is 15.9 Å². The van der Waals surface area contributed by atoms with E-state index in [1.165, 1.54) is 17.5 Å². The Kier molecular flexibility index (Phi) is 3.20. The van der Waals surface area contributed by atoms with E-state index in [2.05, 4.69) is 9.97 Å². The van der Waals surface area contributed by atoms with Gasteiger partial charge >= 0.3 is 5.97 Å². The number of benzene rings is 1. The van der Waals surface area contributed by atoms with Crippen LogP contribution in [0.4, 0.5) is 0 Å². The number of ether oxygens (including phenoxy) is 1. The number of esters is 1. The molecule has 0 N–H and O–H groups in total. The predicted octanol–water partition coefficient (Wildman–Crippen LogP) is 3.05. The first-order chi connectivity index (χ1) is 9.33. The molecule has 3 aromatic rings. The van der Waals surface area contributed by atoms with Crippen LogP contribution in [0.1, 0.15) is 15.4 Å². The molecular formula is C14H10N2O2S. The van der Waals surface area contributed by atoms with Gasteiger partial charge in [0.1, 0.15) is 11.6 Å². The molecule has 0 radical (unpaired) electrons. The molecule has 4 nitrogen and oxygen atoms in total. The van der Waals surface area contributed by atoms with E-state index in [1.54, 1.807) is 18.3 Å². The lowest BCUT2D eigenvalue weighted by Crippen LogP contribution is -2.05. The highest BCUT2D eigenvalue weighted by atomic mass is 32.1. The molecule has 5 heteroatoms. The summed E-state index contributed by atoms with van der Waals surface area (Å²) in [5.41, 5.74) is 1.38. The van der Waals surface area contributed by atoms with Crippen LogP contribution >= 0.6 is 11.3 Å². The lowest BCUT2D eigenvalue weighted by molar-refractivity contribution is 0.0472. The predicted molar refractivity (Wildman–Crippen MR) is 73.0 cm³/mol. The van der Waals surface area contributed by atoms with Crippen molar-refractivity contribution in [1.82, 2.24) is 9.97 Å². The van der Waals surface area contributed by atoms with E-state index >= 15 is 0 Å². The third-order valence-corrected chi connectivity index (χ3v) is 3.57. The Bertz CT molecular complexity index is 677. The summed E-state index contributed by atoms with van der Waals surface area (Å²) in [6.45, 7) is 0.188. The number of hydrogen-bond acceptors (Lipinski definition) is 5. The van der Waals surface area contributed by atoms with Crippen LogP contribution in [0.5, 0.6) is 0 Å². The van der Waals surface area contributed by atoms with Crippen LogP contribution in [0.15, 0.2) is 48.8 Å². The molecule has 2 heterocycles. The van der Waals surface area contributed by atoms with E-state index < -0.39 is 0 Å². The van der Waals surface area contributed by atoms with Gasteiger partial charge in [0, 0.05) is 12.4 Å². The minimum absolute atomic E-state index is 0.188. The van der Waals surface area contributed by atoms with E-state index in [9.17, 15) is 4.79 Å². The Balaban J connectivity index is 1.71. The van der Waals surface area contributed by atoms with Crippen molar-refractivity contribution in [3.8, 4) is 0 Å². The molecule has 3 rings (SSSR count). The SMILES string of the molecule is O=C(OCc1nc2ccccc2s1)c1cccnc1. The number of pyridine rings is 1. The zero-order valence-corrected chi connectivity index (χ0v) is 10.8. The van der Waals surface area contributed by atoms with Crippen LogP contribution in [0.3, 0.4) is 0 Å². The largest absolute Gasteiger partial charge is 0.455 e. The van der Waals surface area contributed by atoms with Gasteiger partial charge in [0.2, 0.25) is 0 Å². The third kappa shape index (κ3) is 2.61. The number of carbonyl (C=O) groups is 1. The van der Waals surface area contributed by atoms with E-state index in [4.69, 9.17) is 4.74 Å². The van der Waals surface area contributed by atoms with Gasteiger partial charge in [0.05, 0.1) is 15.8 Å². The summed E-state index contributed by atoms with van der Waals surface area (Å²) >= 11 is 1.53. The fourth-order valence-corrected chi connectivity index (χ4v) is 2.56. The average Bonchev–Trinajstić information content (AvgIpc) is 2.88. The molecule has 19 heavy (non-hydrogen) atoms. The molecular weight excluding hydrogens is 260 g/mol. The maximum atomic E-state index is 11.7. The topological polar surface area (TPSA) is 52.1 Å². The summed E-state index contributed by atoms with van der Waals surface area (Å²) in [6.07, 6.45) is 3.10. The Hall–Kier alpha value is -2.27. The molecule has 0 bridgehead atoms. The van der Waals surface area contributed by atoms with Gasteiger partial charge in [-0.3, -0.25) is 4.98 Å². The second kappa shape index (κ2) is 5.16. The molecule has 0 atom stereocenters. The second-order valence-electron chi connectivity index (χ2n) is 3.89. The second-order valence-corrected chi connectivity index (χ2v) is 5.01. The van der Waals surface area contributed by atoms with Crippen molar-refractivity contribution in [2.45, 2.75) is 6.61 Å². The number of hydrogen-bond donors (Lipinski definition) is 0. The molecule has 0 saturated carbocycles. The number of fused-ring (bicyclic) bond motifs is 1. The molecule has 2 aromatic heterocycles. The van der Waals surface area contributed by atoms with Crippen LogP contribution in [0.2, 0.25) is 0 Å². The summed E-state index contributed by atoms with van der Waals surface area (Å²) in [7, 11) is 0. The molecule has 0 aliphatic carbocycles. The van der Waals surface area contributed by atoms with Crippen molar-refractivity contribution < 1.29 is 9.53 Å². The van der Waals surface area contributed by atoms with Gasteiger partial charge in [0.25, 0.3) is 0 Å². The minimum Gasteiger partial charge on any atom is -0.455 e. The van der Waals surface area contributed by atoms with E-state index in [1.807, 2.05) is 24.3 Å². The molecule has 1 aromatic carbocycles. The number of rotatable bonds is 3. The van der Waals surface area contributed by atoms with Crippen molar-refractivity contribution in [1.29, 1.82) is 0 Å². The fourth-order valence-electron chi connectivity index (χ4n) is 1.68. The normalized spacial score (nSPS) is 10.5. The average molecular weight is 270 g/mol. The summed E-state index contributed by atoms with van der Waals surface area (Å²) in [5.74, 6) is -0.382. The van der Waals surface area contributed by atoms with Crippen molar-refractivity contribution in [2.24, 2.45) is 0 Å². The number of nitrogens with zero attached hydrogens (tertiary/aromatic N) is 2. The Morgan fingerprint density at radius 1 is 1.21 bits per heavy atom. The summed E-state index contributed by atoms with van der Waals surface area (Å²) < 4.78 is 6.31. The third-order valence-electron chi connectivity index (χ3n) is 2.56. The zero-order chi connectivity index (χ0) is 13.1. The first-order valence-corrected chi connectivity index (χ1v) is 6.56. The van der Waals surface area contributed by atoms with Crippen molar-refractivity contribution in [2.75, 3.05) is 0 Å². The fraction of sp³-hybridized carbons (Fsp3) is 0.0714. The van der Waals surface area contributed by atoms with Gasteiger partial charge in [-0.2, -0.15) is 0 Å². The van der Waals surface area contributed by atoms with Gasteiger partial charge < -0.3 is 4.74 Å². The Morgan fingerprint density at radius 3 is 2.89 bits per heavy atom. The first-order valence-electron chi connectivity index (χ1n) is 5.74. The summed E-state index contributed by atoms with van der Waals surface area (Å²) in [6, 6.07) is 11.2. The Labute approximate surface area is 113 Å². The maximum Gasteiger partial charge on any atom is 0.340 e. The molecule has 0 amide bonds. The quantitative estimate of drug-likeness (QED) is 0.686. The molecule has 0 aliphatic rings. The smallest absolute Gasteiger partial charge is 0.340 e. The number of aromatic nitrogens is 2. The first kappa shape index (κ1) is 11.8. The molecule has 0 saturated heterocycles. The molecule has 0 unspecified atom stereocenters. The number of thiazole rings is 1. The standard InChI is InChI=1S/C14H10N2O2S/c17-14(10-4-3-7-15-8-10)18-9-13-16-11-5-1-2-6-12(11)19-13/h1-8H,9H2. The van der Waals surface area contributed by atoms with Gasteiger partial charge in [-0.05, 0) is 24.3 Å². The zero-order valence-electron chi connectivity index (χ0n) is 9.95. The molecule has 94 valence electrons. The van der Waals surface area contributed by atoms with Gasteiger partial charge in [-0.25, -0.2) is 9.78 Å². The van der Waals surface area contributed by atoms with Gasteiger partial charge in [-0.1, -0.05) is 12.1 Å². The summed E-state index contributed by atoms with van der Waals surface area (Å²) in [4.78, 5) is 20.0. The van der Waals surface area contributed by atoms with E-state index in [-0.39, 0.29) is 12.6 Å². The maximum absolute atomic E-state index is 11.7. The molecule has 0 spiro atoms.